The second-order valence-corrected chi connectivity index (χ2v) is 14.7. The zero-order valence-electron chi connectivity index (χ0n) is 27.9. The molecular formula is C47H28N4S. The van der Waals surface area contributed by atoms with Gasteiger partial charge in [-0.25, -0.2) is 0 Å². The van der Waals surface area contributed by atoms with E-state index in [-0.39, 0.29) is 0 Å². The summed E-state index contributed by atoms with van der Waals surface area (Å²) in [5.41, 5.74) is 10.7. The third-order valence-corrected chi connectivity index (χ3v) is 12.0. The third kappa shape index (κ3) is 3.78. The standard InChI is InChI=1S/C47H28N4S/c1-5-13-40-32(9-1)33-10-2-6-14-41(33)49(40)29-17-20-44-37(25-29)34-11-3-7-15-42(34)50(44)30-18-21-45-38(26-30)35-12-4-8-16-43(35)51(45)31-19-22-46-39(27-31)36-23-24-48-28-47(36)52-46/h1-28H. The van der Waals surface area contributed by atoms with E-state index in [1.165, 1.54) is 85.6 Å². The van der Waals surface area contributed by atoms with Crippen molar-refractivity contribution >= 4 is 96.9 Å². The van der Waals surface area contributed by atoms with Crippen molar-refractivity contribution in [1.82, 2.24) is 18.7 Å². The molecule has 5 aromatic heterocycles. The summed E-state index contributed by atoms with van der Waals surface area (Å²) < 4.78 is 9.76. The Morgan fingerprint density at radius 2 is 0.731 bits per heavy atom. The number of nitrogens with zero attached hydrogens (tertiary/aromatic N) is 4. The molecule has 4 nitrogen and oxygen atoms in total. The molecule has 12 aromatic rings. The molecule has 242 valence electrons. The molecule has 0 radical (unpaired) electrons. The number of benzene rings is 7. The largest absolute Gasteiger partial charge is 0.309 e. The first kappa shape index (κ1) is 28.1. The Morgan fingerprint density at radius 1 is 0.327 bits per heavy atom. The molecule has 0 saturated heterocycles. The number of para-hydroxylation sites is 4. The molecule has 7 aromatic carbocycles. The molecule has 5 heterocycles. The summed E-state index contributed by atoms with van der Waals surface area (Å²) in [5, 5.41) is 10.0. The van der Waals surface area contributed by atoms with Crippen LogP contribution in [0.2, 0.25) is 0 Å². The highest BCUT2D eigenvalue weighted by molar-refractivity contribution is 7.25. The van der Waals surface area contributed by atoms with Gasteiger partial charge in [-0.15, -0.1) is 11.3 Å². The van der Waals surface area contributed by atoms with E-state index in [0.717, 1.165) is 17.1 Å². The predicted octanol–water partition coefficient (Wildman–Crippen LogP) is 12.7. The van der Waals surface area contributed by atoms with Crippen LogP contribution in [0.5, 0.6) is 0 Å². The van der Waals surface area contributed by atoms with Crippen molar-refractivity contribution in [3.05, 3.63) is 170 Å². The highest BCUT2D eigenvalue weighted by Gasteiger charge is 2.19. The Kier molecular flexibility index (Phi) is 5.62. The van der Waals surface area contributed by atoms with Crippen LogP contribution in [0, 0.1) is 0 Å². The SMILES string of the molecule is c1ccc2c(c1)c1ccccc1n2-c1ccc2c(c1)c1ccccc1n2-c1ccc2c(c1)c1ccccc1n2-c1ccc2sc3cnccc3c2c1. The summed E-state index contributed by atoms with van der Waals surface area (Å²) in [5.74, 6) is 0. The molecule has 12 rings (SSSR count). The van der Waals surface area contributed by atoms with Crippen LogP contribution in [0.1, 0.15) is 0 Å². The van der Waals surface area contributed by atoms with E-state index in [1.54, 1.807) is 11.3 Å². The maximum Gasteiger partial charge on any atom is 0.0542 e. The molecule has 0 atom stereocenters. The van der Waals surface area contributed by atoms with Gasteiger partial charge in [-0.3, -0.25) is 4.98 Å². The second kappa shape index (κ2) is 10.4. The molecule has 0 N–H and O–H groups in total. The van der Waals surface area contributed by atoms with E-state index < -0.39 is 0 Å². The van der Waals surface area contributed by atoms with Crippen molar-refractivity contribution in [2.75, 3.05) is 0 Å². The molecule has 0 aliphatic heterocycles. The normalized spacial score (nSPS) is 12.2. The fraction of sp³-hybridized carbons (Fsp3) is 0. The lowest BCUT2D eigenvalue weighted by molar-refractivity contribution is 1.16. The molecule has 0 amide bonds. The van der Waals surface area contributed by atoms with E-state index in [1.807, 2.05) is 12.4 Å². The van der Waals surface area contributed by atoms with E-state index in [2.05, 4.69) is 176 Å². The van der Waals surface area contributed by atoms with Gasteiger partial charge in [-0.2, -0.15) is 0 Å². The van der Waals surface area contributed by atoms with E-state index >= 15 is 0 Å². The molecular weight excluding hydrogens is 653 g/mol. The quantitative estimate of drug-likeness (QED) is 0.182. The van der Waals surface area contributed by atoms with Crippen molar-refractivity contribution in [3.63, 3.8) is 0 Å². The maximum absolute atomic E-state index is 4.37. The summed E-state index contributed by atoms with van der Waals surface area (Å²) in [7, 11) is 0. The average Bonchev–Trinajstić information content (AvgIpc) is 3.93. The van der Waals surface area contributed by atoms with Gasteiger partial charge in [0.05, 0.1) is 37.8 Å². The molecule has 52 heavy (non-hydrogen) atoms. The Morgan fingerprint density at radius 3 is 1.23 bits per heavy atom. The van der Waals surface area contributed by atoms with Gasteiger partial charge >= 0.3 is 0 Å². The number of hydrogen-bond acceptors (Lipinski definition) is 2. The fourth-order valence-corrected chi connectivity index (χ4v) is 9.77. The minimum Gasteiger partial charge on any atom is -0.309 e. The molecule has 0 aliphatic carbocycles. The molecule has 0 unspecified atom stereocenters. The summed E-state index contributed by atoms with van der Waals surface area (Å²) in [6, 6.07) is 58.0. The summed E-state index contributed by atoms with van der Waals surface area (Å²) in [4.78, 5) is 4.37. The van der Waals surface area contributed by atoms with Crippen LogP contribution in [0.3, 0.4) is 0 Å². The molecule has 0 fully saturated rings. The molecule has 0 aliphatic rings. The lowest BCUT2D eigenvalue weighted by atomic mass is 10.1. The van der Waals surface area contributed by atoms with Gasteiger partial charge < -0.3 is 13.7 Å². The van der Waals surface area contributed by atoms with Crippen LogP contribution in [-0.2, 0) is 0 Å². The Bertz CT molecular complexity index is 3370. The third-order valence-electron chi connectivity index (χ3n) is 10.9. The van der Waals surface area contributed by atoms with Crippen molar-refractivity contribution in [3.8, 4) is 17.1 Å². The second-order valence-electron chi connectivity index (χ2n) is 13.6. The van der Waals surface area contributed by atoms with Crippen molar-refractivity contribution in [2.24, 2.45) is 0 Å². The molecule has 0 saturated carbocycles. The van der Waals surface area contributed by atoms with Gasteiger partial charge in [0, 0.05) is 77.2 Å². The van der Waals surface area contributed by atoms with Crippen LogP contribution < -0.4 is 0 Å². The molecule has 0 spiro atoms. The van der Waals surface area contributed by atoms with Gasteiger partial charge in [-0.1, -0.05) is 72.8 Å². The average molecular weight is 681 g/mol. The number of pyridine rings is 1. The van der Waals surface area contributed by atoms with Crippen molar-refractivity contribution < 1.29 is 0 Å². The van der Waals surface area contributed by atoms with Crippen molar-refractivity contribution in [1.29, 1.82) is 0 Å². The predicted molar refractivity (Wildman–Crippen MR) is 220 cm³/mol. The first-order valence-corrected chi connectivity index (χ1v) is 18.4. The van der Waals surface area contributed by atoms with E-state index in [9.17, 15) is 0 Å². The number of aromatic nitrogens is 4. The van der Waals surface area contributed by atoms with Crippen LogP contribution in [0.4, 0.5) is 0 Å². The maximum atomic E-state index is 4.37. The number of rotatable bonds is 3. The topological polar surface area (TPSA) is 27.7 Å². The van der Waals surface area contributed by atoms with Crippen LogP contribution in [0.15, 0.2) is 170 Å². The highest BCUT2D eigenvalue weighted by Crippen LogP contribution is 2.40. The molecule has 0 bridgehead atoms. The zero-order chi connectivity index (χ0) is 33.9. The lowest BCUT2D eigenvalue weighted by Crippen LogP contribution is -1.96. The Labute approximate surface area is 301 Å². The van der Waals surface area contributed by atoms with Gasteiger partial charge in [0.2, 0.25) is 0 Å². The fourth-order valence-electron chi connectivity index (χ4n) is 8.72. The highest BCUT2D eigenvalue weighted by atomic mass is 32.1. The minimum absolute atomic E-state index is 1.15. The summed E-state index contributed by atoms with van der Waals surface area (Å²) in [6.45, 7) is 0. The minimum atomic E-state index is 1.15. The Hall–Kier alpha value is -6.69. The van der Waals surface area contributed by atoms with Crippen LogP contribution >= 0.6 is 11.3 Å². The number of fused-ring (bicyclic) bond motifs is 12. The van der Waals surface area contributed by atoms with Gasteiger partial charge in [-0.05, 0) is 84.9 Å². The van der Waals surface area contributed by atoms with E-state index in [0.29, 0.717) is 0 Å². The zero-order valence-corrected chi connectivity index (χ0v) is 28.7. The summed E-state index contributed by atoms with van der Waals surface area (Å²) in [6.07, 6.45) is 3.87. The van der Waals surface area contributed by atoms with Gasteiger partial charge in [0.15, 0.2) is 0 Å². The van der Waals surface area contributed by atoms with E-state index in [4.69, 9.17) is 0 Å². The van der Waals surface area contributed by atoms with Crippen LogP contribution in [0.25, 0.3) is 103 Å². The number of hydrogen-bond donors (Lipinski definition) is 0. The first-order chi connectivity index (χ1) is 25.8. The lowest BCUT2D eigenvalue weighted by Gasteiger charge is -2.11. The Balaban J connectivity index is 1.08. The summed E-state index contributed by atoms with van der Waals surface area (Å²) >= 11 is 1.80. The monoisotopic (exact) mass is 680 g/mol. The van der Waals surface area contributed by atoms with Gasteiger partial charge in [0.25, 0.3) is 0 Å². The van der Waals surface area contributed by atoms with Gasteiger partial charge in [0.1, 0.15) is 0 Å². The molecule has 5 heteroatoms. The van der Waals surface area contributed by atoms with Crippen molar-refractivity contribution in [2.45, 2.75) is 0 Å². The number of thiophene rings is 1. The smallest absolute Gasteiger partial charge is 0.0542 e. The van der Waals surface area contributed by atoms with Crippen LogP contribution in [-0.4, -0.2) is 18.7 Å². The first-order valence-electron chi connectivity index (χ1n) is 17.6.